The van der Waals surface area contributed by atoms with E-state index in [1.54, 1.807) is 6.20 Å². The van der Waals surface area contributed by atoms with Crippen LogP contribution >= 0.6 is 24.0 Å². The maximum absolute atomic E-state index is 12.4. The molecule has 180 valence electrons. The number of hydrogen-bond donors (Lipinski definition) is 1. The van der Waals surface area contributed by atoms with Gasteiger partial charge >= 0.3 is 0 Å². The fourth-order valence-electron chi connectivity index (χ4n) is 4.18. The first-order chi connectivity index (χ1) is 15.6. The minimum atomic E-state index is 0. The van der Waals surface area contributed by atoms with E-state index < -0.39 is 0 Å². The van der Waals surface area contributed by atoms with Crippen molar-refractivity contribution >= 4 is 35.8 Å². The van der Waals surface area contributed by atoms with Gasteiger partial charge < -0.3 is 19.5 Å². The number of aryl methyl sites for hydroxylation is 1. The molecule has 2 fully saturated rings. The van der Waals surface area contributed by atoms with Crippen LogP contribution in [-0.4, -0.2) is 83.9 Å². The zero-order valence-corrected chi connectivity index (χ0v) is 22.0. The maximum atomic E-state index is 12.4. The summed E-state index contributed by atoms with van der Waals surface area (Å²) in [7, 11) is 0. The van der Waals surface area contributed by atoms with Gasteiger partial charge in [0.25, 0.3) is 0 Å². The number of nitrogens with zero attached hydrogens (tertiary/aromatic N) is 5. The molecule has 1 aromatic carbocycles. The summed E-state index contributed by atoms with van der Waals surface area (Å²) in [5.41, 5.74) is 2.23. The second kappa shape index (κ2) is 12.4. The highest BCUT2D eigenvalue weighted by molar-refractivity contribution is 14.0. The Labute approximate surface area is 213 Å². The van der Waals surface area contributed by atoms with Gasteiger partial charge in [-0.25, -0.2) is 9.98 Å². The van der Waals surface area contributed by atoms with Crippen molar-refractivity contribution in [3.63, 3.8) is 0 Å². The van der Waals surface area contributed by atoms with Gasteiger partial charge in [0.2, 0.25) is 11.8 Å². The third-order valence-electron chi connectivity index (χ3n) is 6.08. The van der Waals surface area contributed by atoms with Gasteiger partial charge in [-0.1, -0.05) is 29.8 Å². The number of likely N-dealkylation sites (tertiary alicyclic amines) is 1. The van der Waals surface area contributed by atoms with E-state index in [-0.39, 0.29) is 29.9 Å². The van der Waals surface area contributed by atoms with Crippen LogP contribution in [0.4, 0.5) is 0 Å². The number of aromatic nitrogens is 1. The average molecular weight is 566 g/mol. The van der Waals surface area contributed by atoms with Crippen LogP contribution in [0.15, 0.2) is 39.9 Å². The number of hydrogen-bond acceptors (Lipinski definition) is 5. The molecule has 0 bridgehead atoms. The third-order valence-corrected chi connectivity index (χ3v) is 6.08. The molecule has 0 aliphatic carbocycles. The maximum Gasteiger partial charge on any atom is 0.236 e. The number of amides is 1. The van der Waals surface area contributed by atoms with Crippen LogP contribution in [0.1, 0.15) is 31.2 Å². The number of oxazole rings is 1. The van der Waals surface area contributed by atoms with Gasteiger partial charge in [-0.2, -0.15) is 0 Å². The first-order valence-electron chi connectivity index (χ1n) is 11.7. The summed E-state index contributed by atoms with van der Waals surface area (Å²) >= 11 is 0. The minimum Gasteiger partial charge on any atom is -0.439 e. The Kier molecular flexibility index (Phi) is 9.54. The van der Waals surface area contributed by atoms with Crippen molar-refractivity contribution in [1.82, 2.24) is 25.0 Å². The highest BCUT2D eigenvalue weighted by atomic mass is 127. The first kappa shape index (κ1) is 25.5. The molecular weight excluding hydrogens is 531 g/mol. The number of piperazine rings is 1. The van der Waals surface area contributed by atoms with Crippen molar-refractivity contribution in [2.75, 3.05) is 52.4 Å². The average Bonchev–Trinajstić information content (AvgIpc) is 3.50. The number of carbonyl (C=O) groups is 1. The van der Waals surface area contributed by atoms with Crippen LogP contribution in [0.5, 0.6) is 0 Å². The van der Waals surface area contributed by atoms with Crippen LogP contribution in [-0.2, 0) is 11.3 Å². The van der Waals surface area contributed by atoms with E-state index in [0.717, 1.165) is 75.9 Å². The zero-order valence-electron chi connectivity index (χ0n) is 19.6. The molecule has 33 heavy (non-hydrogen) atoms. The fourth-order valence-corrected chi connectivity index (χ4v) is 4.18. The second-order valence-electron chi connectivity index (χ2n) is 8.51. The molecule has 0 saturated carbocycles. The molecule has 1 aromatic heterocycles. The Bertz CT molecular complexity index is 915. The molecule has 1 N–H and O–H groups in total. The lowest BCUT2D eigenvalue weighted by atomic mass is 10.1. The van der Waals surface area contributed by atoms with E-state index in [9.17, 15) is 4.79 Å². The van der Waals surface area contributed by atoms with Crippen molar-refractivity contribution in [3.05, 3.63) is 41.9 Å². The standard InChI is InChI=1S/C24H34N6O2.HI/c1-3-25-24(27-17-22-26-16-21(32-22)20-8-6-19(2)7-9-20)30-14-12-28(13-15-30)18-23(31)29-10-4-5-11-29;/h6-9,16H,3-5,10-15,17-18H2,1-2H3,(H,25,27);1H. The number of benzene rings is 1. The molecule has 0 radical (unpaired) electrons. The van der Waals surface area contributed by atoms with Crippen molar-refractivity contribution in [3.8, 4) is 11.3 Å². The smallest absolute Gasteiger partial charge is 0.236 e. The Balaban J connectivity index is 0.00000306. The van der Waals surface area contributed by atoms with E-state index in [4.69, 9.17) is 9.41 Å². The number of aliphatic imine (C=N–C) groups is 1. The molecule has 2 aliphatic rings. The Hall–Kier alpha value is -2.14. The van der Waals surface area contributed by atoms with Crippen LogP contribution in [0.3, 0.4) is 0 Å². The molecule has 0 spiro atoms. The van der Waals surface area contributed by atoms with E-state index in [1.165, 1.54) is 5.56 Å². The Morgan fingerprint density at radius 1 is 1.06 bits per heavy atom. The quantitative estimate of drug-likeness (QED) is 0.329. The number of rotatable bonds is 6. The largest absolute Gasteiger partial charge is 0.439 e. The molecule has 0 unspecified atom stereocenters. The van der Waals surface area contributed by atoms with E-state index in [1.807, 2.05) is 17.0 Å². The van der Waals surface area contributed by atoms with Crippen molar-refractivity contribution in [1.29, 1.82) is 0 Å². The zero-order chi connectivity index (χ0) is 22.3. The van der Waals surface area contributed by atoms with Gasteiger partial charge in [0, 0.05) is 51.4 Å². The molecule has 1 amide bonds. The third kappa shape index (κ3) is 6.92. The number of guanidine groups is 1. The number of carbonyl (C=O) groups excluding carboxylic acids is 1. The van der Waals surface area contributed by atoms with Crippen molar-refractivity contribution in [2.24, 2.45) is 4.99 Å². The van der Waals surface area contributed by atoms with Crippen LogP contribution < -0.4 is 5.32 Å². The van der Waals surface area contributed by atoms with Crippen LogP contribution in [0.25, 0.3) is 11.3 Å². The lowest BCUT2D eigenvalue weighted by molar-refractivity contribution is -0.131. The normalized spacial score (nSPS) is 17.2. The molecule has 8 nitrogen and oxygen atoms in total. The van der Waals surface area contributed by atoms with Crippen LogP contribution in [0.2, 0.25) is 0 Å². The highest BCUT2D eigenvalue weighted by Crippen LogP contribution is 2.21. The SMILES string of the molecule is CCNC(=NCc1ncc(-c2ccc(C)cc2)o1)N1CCN(CC(=O)N2CCCC2)CC1.I. The van der Waals surface area contributed by atoms with Crippen LogP contribution in [0, 0.1) is 6.92 Å². The van der Waals surface area contributed by atoms with Gasteiger partial charge in [0.1, 0.15) is 6.54 Å². The van der Waals surface area contributed by atoms with E-state index in [0.29, 0.717) is 19.0 Å². The summed E-state index contributed by atoms with van der Waals surface area (Å²) in [5.74, 6) is 2.50. The fraction of sp³-hybridized carbons (Fsp3) is 0.542. The summed E-state index contributed by atoms with van der Waals surface area (Å²) < 4.78 is 5.92. The Morgan fingerprint density at radius 2 is 1.76 bits per heavy atom. The summed E-state index contributed by atoms with van der Waals surface area (Å²) in [6.07, 6.45) is 4.04. The summed E-state index contributed by atoms with van der Waals surface area (Å²) in [4.78, 5) is 28.1. The second-order valence-corrected chi connectivity index (χ2v) is 8.51. The Morgan fingerprint density at radius 3 is 2.42 bits per heavy atom. The minimum absolute atomic E-state index is 0. The number of halogens is 1. The monoisotopic (exact) mass is 566 g/mol. The molecule has 2 aromatic rings. The highest BCUT2D eigenvalue weighted by Gasteiger charge is 2.24. The topological polar surface area (TPSA) is 77.2 Å². The number of nitrogens with one attached hydrogen (secondary N) is 1. The van der Waals surface area contributed by atoms with E-state index in [2.05, 4.69) is 46.1 Å². The molecule has 2 saturated heterocycles. The predicted molar refractivity (Wildman–Crippen MR) is 141 cm³/mol. The van der Waals surface area contributed by atoms with Crippen molar-refractivity contribution < 1.29 is 9.21 Å². The van der Waals surface area contributed by atoms with Crippen molar-refractivity contribution in [2.45, 2.75) is 33.2 Å². The molecule has 0 atom stereocenters. The molecule has 4 rings (SSSR count). The summed E-state index contributed by atoms with van der Waals surface area (Å²) in [6, 6.07) is 8.22. The molecule has 3 heterocycles. The van der Waals surface area contributed by atoms with Gasteiger partial charge in [0.15, 0.2) is 11.7 Å². The van der Waals surface area contributed by atoms with Gasteiger partial charge in [-0.3, -0.25) is 9.69 Å². The lowest BCUT2D eigenvalue weighted by Gasteiger charge is -2.36. The lowest BCUT2D eigenvalue weighted by Crippen LogP contribution is -2.54. The summed E-state index contributed by atoms with van der Waals surface area (Å²) in [5, 5.41) is 3.38. The van der Waals surface area contributed by atoms with E-state index >= 15 is 0 Å². The molecule has 2 aliphatic heterocycles. The van der Waals surface area contributed by atoms with Gasteiger partial charge in [-0.05, 0) is 26.7 Å². The van der Waals surface area contributed by atoms with Gasteiger partial charge in [-0.15, -0.1) is 24.0 Å². The predicted octanol–water partition coefficient (Wildman–Crippen LogP) is 2.97. The van der Waals surface area contributed by atoms with Gasteiger partial charge in [0.05, 0.1) is 12.7 Å². The molecule has 9 heteroatoms. The first-order valence-corrected chi connectivity index (χ1v) is 11.7. The summed E-state index contributed by atoms with van der Waals surface area (Å²) in [6.45, 7) is 11.1. The molecular formula is C24H35IN6O2.